The van der Waals surface area contributed by atoms with Crippen molar-refractivity contribution >= 4 is 21.5 Å². The second-order valence-electron chi connectivity index (χ2n) is 6.11. The summed E-state index contributed by atoms with van der Waals surface area (Å²) in [7, 11) is 0. The fourth-order valence-corrected chi connectivity index (χ4v) is 3.63. The molecule has 0 aliphatic carbocycles. The summed E-state index contributed by atoms with van der Waals surface area (Å²) >= 11 is 0. The van der Waals surface area contributed by atoms with E-state index in [-0.39, 0.29) is 11.7 Å². The van der Waals surface area contributed by atoms with E-state index >= 15 is 0 Å². The highest BCUT2D eigenvalue weighted by Gasteiger charge is 2.21. The largest absolute Gasteiger partial charge is 0.494 e. The second-order valence-corrected chi connectivity index (χ2v) is 6.11. The number of ether oxygens (including phenoxy) is 1. The number of hydrogen-bond acceptors (Lipinski definition) is 2. The topological polar surface area (TPSA) is 45.2 Å². The molecule has 0 unspecified atom stereocenters. The van der Waals surface area contributed by atoms with Crippen molar-refractivity contribution in [1.29, 1.82) is 0 Å². The summed E-state index contributed by atoms with van der Waals surface area (Å²) in [5, 5.41) is 13.8. The van der Waals surface area contributed by atoms with Crippen molar-refractivity contribution in [1.82, 2.24) is 4.98 Å². The van der Waals surface area contributed by atoms with Crippen molar-refractivity contribution in [3.8, 4) is 22.8 Å². The second kappa shape index (κ2) is 4.74. The molecule has 0 fully saturated rings. The summed E-state index contributed by atoms with van der Waals surface area (Å²) in [6, 6.07) is 12.5. The monoisotopic (exact) mass is 319 g/mol. The predicted octanol–water partition coefficient (Wildman–Crippen LogP) is 4.77. The first-order valence-electron chi connectivity index (χ1n) is 7.90. The van der Waals surface area contributed by atoms with E-state index in [1.54, 1.807) is 18.3 Å². The lowest BCUT2D eigenvalue weighted by atomic mass is 9.92. The van der Waals surface area contributed by atoms with Crippen LogP contribution in [0.5, 0.6) is 11.6 Å². The van der Waals surface area contributed by atoms with Gasteiger partial charge in [0.25, 0.3) is 0 Å². The van der Waals surface area contributed by atoms with E-state index in [0.717, 1.165) is 44.8 Å². The Morgan fingerprint density at radius 2 is 1.88 bits per heavy atom. The number of hydrogen-bond donors (Lipinski definition) is 2. The normalized spacial score (nSPS) is 13.4. The lowest BCUT2D eigenvalue weighted by molar-refractivity contribution is 0.360. The van der Waals surface area contributed by atoms with Gasteiger partial charge in [-0.3, -0.25) is 0 Å². The van der Waals surface area contributed by atoms with Gasteiger partial charge in [0, 0.05) is 34.3 Å². The Labute approximate surface area is 137 Å². The molecule has 0 bridgehead atoms. The highest BCUT2D eigenvalue weighted by molar-refractivity contribution is 6.16. The number of aromatic amines is 1. The van der Waals surface area contributed by atoms with Crippen LogP contribution in [0.15, 0.2) is 48.7 Å². The molecule has 0 amide bonds. The van der Waals surface area contributed by atoms with Crippen LogP contribution in [0.2, 0.25) is 0 Å². The first-order chi connectivity index (χ1) is 11.7. The summed E-state index contributed by atoms with van der Waals surface area (Å²) in [6.45, 7) is 0.674. The molecule has 0 spiro atoms. The maximum absolute atomic E-state index is 13.4. The van der Waals surface area contributed by atoms with Crippen LogP contribution in [0.3, 0.4) is 0 Å². The summed E-state index contributed by atoms with van der Waals surface area (Å²) in [5.41, 5.74) is 3.04. The molecule has 1 aliphatic heterocycles. The lowest BCUT2D eigenvalue weighted by Gasteiger charge is -2.13. The summed E-state index contributed by atoms with van der Waals surface area (Å²) in [4.78, 5) is 2.88. The molecule has 1 aliphatic rings. The summed E-state index contributed by atoms with van der Waals surface area (Å²) in [5.74, 6) is 0.764. The SMILES string of the molecule is Oc1[nH]cc2c(-c3ccc(F)cc3)c3c4c(ccc3cc12)CCO4. The number of halogens is 1. The van der Waals surface area contributed by atoms with Crippen molar-refractivity contribution in [2.75, 3.05) is 6.61 Å². The molecule has 3 aromatic carbocycles. The molecule has 4 heteroatoms. The fraction of sp³-hybridized carbons (Fsp3) is 0.100. The molecule has 0 saturated carbocycles. The Hall–Kier alpha value is -3.01. The van der Waals surface area contributed by atoms with E-state index in [2.05, 4.69) is 17.1 Å². The van der Waals surface area contributed by atoms with Crippen molar-refractivity contribution in [2.24, 2.45) is 0 Å². The number of H-pyrrole nitrogens is 1. The Balaban J connectivity index is 1.99. The molecule has 2 heterocycles. The molecule has 2 N–H and O–H groups in total. The summed E-state index contributed by atoms with van der Waals surface area (Å²) in [6.07, 6.45) is 2.68. The lowest BCUT2D eigenvalue weighted by Crippen LogP contribution is -1.90. The zero-order valence-corrected chi connectivity index (χ0v) is 12.8. The van der Waals surface area contributed by atoms with Gasteiger partial charge in [-0.1, -0.05) is 24.3 Å². The van der Waals surface area contributed by atoms with Crippen molar-refractivity contribution in [3.63, 3.8) is 0 Å². The van der Waals surface area contributed by atoms with Gasteiger partial charge in [-0.15, -0.1) is 0 Å². The third kappa shape index (κ3) is 1.77. The van der Waals surface area contributed by atoms with Crippen LogP contribution in [0, 0.1) is 5.82 Å². The van der Waals surface area contributed by atoms with Crippen LogP contribution in [0.1, 0.15) is 5.56 Å². The van der Waals surface area contributed by atoms with Crippen LogP contribution < -0.4 is 4.74 Å². The van der Waals surface area contributed by atoms with E-state index in [9.17, 15) is 9.50 Å². The maximum Gasteiger partial charge on any atom is 0.196 e. The molecular formula is C20H14FNO2. The molecular weight excluding hydrogens is 305 g/mol. The van der Waals surface area contributed by atoms with Crippen LogP contribution in [0.4, 0.5) is 4.39 Å². The van der Waals surface area contributed by atoms with Gasteiger partial charge in [0.05, 0.1) is 6.61 Å². The average molecular weight is 319 g/mol. The molecule has 4 aromatic rings. The minimum atomic E-state index is -0.270. The molecule has 0 radical (unpaired) electrons. The predicted molar refractivity (Wildman–Crippen MR) is 92.1 cm³/mol. The highest BCUT2D eigenvalue weighted by Crippen LogP contribution is 2.45. The van der Waals surface area contributed by atoms with Crippen molar-refractivity contribution < 1.29 is 14.2 Å². The van der Waals surface area contributed by atoms with Gasteiger partial charge in [-0.2, -0.15) is 0 Å². The van der Waals surface area contributed by atoms with Crippen LogP contribution in [0.25, 0.3) is 32.7 Å². The summed E-state index contributed by atoms with van der Waals surface area (Å²) < 4.78 is 19.3. The molecule has 1 aromatic heterocycles. The van der Waals surface area contributed by atoms with Crippen molar-refractivity contribution in [3.05, 3.63) is 60.0 Å². The molecule has 5 rings (SSSR count). The Morgan fingerprint density at radius 1 is 1.04 bits per heavy atom. The van der Waals surface area contributed by atoms with E-state index in [4.69, 9.17) is 4.74 Å². The number of fused-ring (bicyclic) bond motifs is 4. The number of benzene rings is 3. The standard InChI is InChI=1S/C20H14FNO2/c21-14-5-3-11(4-6-14)17-16-10-22-20(23)15(16)9-13-2-1-12-7-8-24-19(12)18(13)17/h1-6,9-10,22-23H,7-8H2. The van der Waals surface area contributed by atoms with Crippen LogP contribution in [-0.4, -0.2) is 16.7 Å². The van der Waals surface area contributed by atoms with E-state index in [1.807, 2.05) is 6.07 Å². The van der Waals surface area contributed by atoms with Gasteiger partial charge in [-0.25, -0.2) is 4.39 Å². The molecule has 3 nitrogen and oxygen atoms in total. The average Bonchev–Trinajstić information content (AvgIpc) is 3.21. The van der Waals surface area contributed by atoms with E-state index in [1.165, 1.54) is 17.7 Å². The third-order valence-corrected chi connectivity index (χ3v) is 4.74. The quantitative estimate of drug-likeness (QED) is 0.531. The van der Waals surface area contributed by atoms with Gasteiger partial charge < -0.3 is 14.8 Å². The van der Waals surface area contributed by atoms with E-state index in [0.29, 0.717) is 6.61 Å². The fourth-order valence-electron chi connectivity index (χ4n) is 3.63. The minimum absolute atomic E-state index is 0.136. The van der Waals surface area contributed by atoms with Gasteiger partial charge in [-0.05, 0) is 34.7 Å². The number of nitrogens with one attached hydrogen (secondary N) is 1. The maximum atomic E-state index is 13.4. The molecule has 118 valence electrons. The highest BCUT2D eigenvalue weighted by atomic mass is 19.1. The van der Waals surface area contributed by atoms with Crippen LogP contribution >= 0.6 is 0 Å². The van der Waals surface area contributed by atoms with Gasteiger partial charge >= 0.3 is 0 Å². The smallest absolute Gasteiger partial charge is 0.196 e. The molecule has 0 atom stereocenters. The van der Waals surface area contributed by atoms with Crippen molar-refractivity contribution in [2.45, 2.75) is 6.42 Å². The van der Waals surface area contributed by atoms with Gasteiger partial charge in [0.1, 0.15) is 11.6 Å². The Bertz CT molecular complexity index is 1100. The first kappa shape index (κ1) is 13.4. The third-order valence-electron chi connectivity index (χ3n) is 4.74. The number of aromatic hydroxyl groups is 1. The van der Waals surface area contributed by atoms with Gasteiger partial charge in [0.2, 0.25) is 0 Å². The van der Waals surface area contributed by atoms with Gasteiger partial charge in [0.15, 0.2) is 5.88 Å². The number of aromatic nitrogens is 1. The van der Waals surface area contributed by atoms with E-state index < -0.39 is 0 Å². The first-order valence-corrected chi connectivity index (χ1v) is 7.90. The minimum Gasteiger partial charge on any atom is -0.494 e. The van der Waals surface area contributed by atoms with Crippen LogP contribution in [-0.2, 0) is 6.42 Å². The Kier molecular flexibility index (Phi) is 2.65. The Morgan fingerprint density at radius 3 is 2.71 bits per heavy atom. The number of rotatable bonds is 1. The zero-order valence-electron chi connectivity index (χ0n) is 12.8. The molecule has 24 heavy (non-hydrogen) atoms. The zero-order chi connectivity index (χ0) is 16.3. The molecule has 0 saturated heterocycles.